The molecular weight excluding hydrogens is 316 g/mol. The molecule has 25 heavy (non-hydrogen) atoms. The van der Waals surface area contributed by atoms with Crippen molar-refractivity contribution >= 4 is 17.8 Å². The largest absolute Gasteiger partial charge is 0.491 e. The van der Waals surface area contributed by atoms with Crippen molar-refractivity contribution < 1.29 is 14.3 Å². The van der Waals surface area contributed by atoms with E-state index in [1.54, 1.807) is 11.9 Å². The van der Waals surface area contributed by atoms with Crippen molar-refractivity contribution in [3.8, 4) is 5.75 Å². The number of hydrogen-bond donors (Lipinski definition) is 0. The van der Waals surface area contributed by atoms with Gasteiger partial charge in [-0.2, -0.15) is 0 Å². The van der Waals surface area contributed by atoms with E-state index >= 15 is 0 Å². The van der Waals surface area contributed by atoms with Gasteiger partial charge in [-0.25, -0.2) is 0 Å². The Morgan fingerprint density at radius 1 is 1.20 bits per heavy atom. The number of rotatable bonds is 6. The molecule has 5 nitrogen and oxygen atoms in total. The third kappa shape index (κ3) is 7.78. The van der Waals surface area contributed by atoms with Gasteiger partial charge >= 0.3 is 0 Å². The van der Waals surface area contributed by atoms with Crippen LogP contribution in [0, 0.1) is 0 Å². The second-order valence-corrected chi connectivity index (χ2v) is 5.17. The minimum Gasteiger partial charge on any atom is -0.491 e. The van der Waals surface area contributed by atoms with Crippen molar-refractivity contribution in [2.75, 3.05) is 49.8 Å². The van der Waals surface area contributed by atoms with Crippen LogP contribution in [-0.2, 0) is 9.53 Å². The Kier molecular flexibility index (Phi) is 13.6. The highest BCUT2D eigenvalue weighted by Gasteiger charge is 2.14. The maximum Gasteiger partial charge on any atom is 0.213 e. The van der Waals surface area contributed by atoms with Crippen molar-refractivity contribution in [3.05, 3.63) is 18.2 Å². The Balaban J connectivity index is 0.00000134. The van der Waals surface area contributed by atoms with Crippen molar-refractivity contribution in [3.63, 3.8) is 0 Å². The predicted molar refractivity (Wildman–Crippen MR) is 107 cm³/mol. The zero-order valence-electron chi connectivity index (χ0n) is 16.9. The zero-order chi connectivity index (χ0) is 19.1. The van der Waals surface area contributed by atoms with E-state index in [1.807, 2.05) is 39.8 Å². The van der Waals surface area contributed by atoms with E-state index in [-0.39, 0.29) is 0 Å². The quantitative estimate of drug-likeness (QED) is 0.714. The Labute approximate surface area is 153 Å². The standard InChI is InChI=1S/C16H24N2O3.2C2H6/c1-3-9-21-16-6-5-14(12-15(16)17(2)13-19)18-7-4-10-20-11-8-18;2*1-2/h5-6,12-13H,3-4,7-11H2,1-2H3;2*1-2H3. The first-order valence-corrected chi connectivity index (χ1v) is 9.54. The number of anilines is 2. The number of ether oxygens (including phenoxy) is 2. The average Bonchev–Trinajstić information content (AvgIpc) is 2.98. The summed E-state index contributed by atoms with van der Waals surface area (Å²) in [7, 11) is 1.75. The summed E-state index contributed by atoms with van der Waals surface area (Å²) in [6, 6.07) is 6.02. The molecule has 0 radical (unpaired) electrons. The lowest BCUT2D eigenvalue weighted by Crippen LogP contribution is -2.26. The SMILES string of the molecule is CC.CC.CCCOc1ccc(N2CCCOCC2)cc1N(C)C=O. The molecule has 1 amide bonds. The molecule has 0 N–H and O–H groups in total. The molecule has 1 aliphatic rings. The molecule has 1 aromatic carbocycles. The Hall–Kier alpha value is -1.75. The Morgan fingerprint density at radius 2 is 1.92 bits per heavy atom. The van der Waals surface area contributed by atoms with E-state index in [9.17, 15) is 4.79 Å². The third-order valence-electron chi connectivity index (χ3n) is 3.53. The van der Waals surface area contributed by atoms with Crippen LogP contribution in [0.15, 0.2) is 18.2 Å². The van der Waals surface area contributed by atoms with Crippen LogP contribution in [-0.4, -0.2) is 46.4 Å². The van der Waals surface area contributed by atoms with Crippen LogP contribution in [0.25, 0.3) is 0 Å². The van der Waals surface area contributed by atoms with E-state index in [4.69, 9.17) is 9.47 Å². The number of nitrogens with zero attached hydrogens (tertiary/aromatic N) is 2. The molecule has 1 fully saturated rings. The molecule has 0 bridgehead atoms. The van der Waals surface area contributed by atoms with Crippen LogP contribution in [0.5, 0.6) is 5.75 Å². The summed E-state index contributed by atoms with van der Waals surface area (Å²) >= 11 is 0. The van der Waals surface area contributed by atoms with E-state index in [0.717, 1.165) is 62.7 Å². The molecule has 1 aliphatic heterocycles. The summed E-state index contributed by atoms with van der Waals surface area (Å²) in [5.74, 6) is 0.751. The van der Waals surface area contributed by atoms with E-state index < -0.39 is 0 Å². The van der Waals surface area contributed by atoms with Crippen molar-refractivity contribution in [2.24, 2.45) is 0 Å². The maximum absolute atomic E-state index is 11.1. The monoisotopic (exact) mass is 352 g/mol. The summed E-state index contributed by atoms with van der Waals surface area (Å²) in [6.07, 6.45) is 2.77. The van der Waals surface area contributed by atoms with Gasteiger partial charge in [0.25, 0.3) is 0 Å². The number of hydrogen-bond acceptors (Lipinski definition) is 4. The Bertz CT molecular complexity index is 458. The molecule has 1 heterocycles. The zero-order valence-corrected chi connectivity index (χ0v) is 16.9. The highest BCUT2D eigenvalue weighted by molar-refractivity contribution is 5.80. The maximum atomic E-state index is 11.1. The minimum absolute atomic E-state index is 0.649. The van der Waals surface area contributed by atoms with Gasteiger partial charge in [-0.15, -0.1) is 0 Å². The van der Waals surface area contributed by atoms with Crippen LogP contribution >= 0.6 is 0 Å². The molecule has 0 aromatic heterocycles. The molecule has 0 atom stereocenters. The molecule has 0 aliphatic carbocycles. The molecule has 0 saturated carbocycles. The fourth-order valence-corrected chi connectivity index (χ4v) is 2.37. The van der Waals surface area contributed by atoms with Gasteiger partial charge in [-0.1, -0.05) is 34.6 Å². The highest BCUT2D eigenvalue weighted by Crippen LogP contribution is 2.32. The van der Waals surface area contributed by atoms with Gasteiger partial charge in [-0.05, 0) is 31.0 Å². The van der Waals surface area contributed by atoms with Crippen molar-refractivity contribution in [1.82, 2.24) is 0 Å². The van der Waals surface area contributed by atoms with E-state index in [0.29, 0.717) is 6.61 Å². The lowest BCUT2D eigenvalue weighted by atomic mass is 10.2. The number of carbonyl (C=O) groups excluding carboxylic acids is 1. The van der Waals surface area contributed by atoms with Gasteiger partial charge < -0.3 is 19.3 Å². The molecule has 144 valence electrons. The van der Waals surface area contributed by atoms with Gasteiger partial charge in [0.2, 0.25) is 6.41 Å². The molecule has 2 rings (SSSR count). The van der Waals surface area contributed by atoms with E-state index in [2.05, 4.69) is 17.9 Å². The molecule has 1 saturated heterocycles. The predicted octanol–water partition coefficient (Wildman–Crippen LogP) is 4.35. The van der Waals surface area contributed by atoms with Gasteiger partial charge in [0.15, 0.2) is 0 Å². The fourth-order valence-electron chi connectivity index (χ4n) is 2.37. The van der Waals surface area contributed by atoms with Gasteiger partial charge in [0.1, 0.15) is 5.75 Å². The summed E-state index contributed by atoms with van der Waals surface area (Å²) in [6.45, 7) is 14.1. The van der Waals surface area contributed by atoms with Gasteiger partial charge in [0.05, 0.1) is 18.9 Å². The smallest absolute Gasteiger partial charge is 0.213 e. The van der Waals surface area contributed by atoms with Crippen molar-refractivity contribution in [2.45, 2.75) is 47.5 Å². The van der Waals surface area contributed by atoms with Gasteiger partial charge in [0, 0.05) is 32.4 Å². The molecule has 5 heteroatoms. The highest BCUT2D eigenvalue weighted by atomic mass is 16.5. The second kappa shape index (κ2) is 14.6. The van der Waals surface area contributed by atoms with Gasteiger partial charge in [-0.3, -0.25) is 4.79 Å². The first kappa shape index (κ1) is 23.2. The lowest BCUT2D eigenvalue weighted by molar-refractivity contribution is -0.107. The summed E-state index contributed by atoms with van der Waals surface area (Å²) < 4.78 is 11.2. The lowest BCUT2D eigenvalue weighted by Gasteiger charge is -2.25. The first-order valence-electron chi connectivity index (χ1n) is 9.54. The van der Waals surface area contributed by atoms with Crippen LogP contribution in [0.3, 0.4) is 0 Å². The molecule has 1 aromatic rings. The number of benzene rings is 1. The fraction of sp³-hybridized carbons (Fsp3) is 0.650. The number of amides is 1. The second-order valence-electron chi connectivity index (χ2n) is 5.17. The normalized spacial score (nSPS) is 13.4. The summed E-state index contributed by atoms with van der Waals surface area (Å²) in [4.78, 5) is 15.0. The first-order chi connectivity index (χ1) is 12.3. The minimum atomic E-state index is 0.649. The topological polar surface area (TPSA) is 42.0 Å². The van der Waals surface area contributed by atoms with Crippen LogP contribution in [0.1, 0.15) is 47.5 Å². The van der Waals surface area contributed by atoms with E-state index in [1.165, 1.54) is 0 Å². The third-order valence-corrected chi connectivity index (χ3v) is 3.53. The molecule has 0 spiro atoms. The number of carbonyl (C=O) groups is 1. The molecule has 0 unspecified atom stereocenters. The van der Waals surface area contributed by atoms with Crippen LogP contribution in [0.4, 0.5) is 11.4 Å². The summed E-state index contributed by atoms with van der Waals surface area (Å²) in [5.41, 5.74) is 1.91. The van der Waals surface area contributed by atoms with Crippen LogP contribution < -0.4 is 14.5 Å². The summed E-state index contributed by atoms with van der Waals surface area (Å²) in [5, 5.41) is 0. The van der Waals surface area contributed by atoms with Crippen molar-refractivity contribution in [1.29, 1.82) is 0 Å². The Morgan fingerprint density at radius 3 is 2.56 bits per heavy atom. The average molecular weight is 353 g/mol. The van der Waals surface area contributed by atoms with Crippen LogP contribution in [0.2, 0.25) is 0 Å². The molecular formula is C20H36N2O3.